The van der Waals surface area contributed by atoms with E-state index in [1.807, 2.05) is 11.8 Å². The predicted molar refractivity (Wildman–Crippen MR) is 139 cm³/mol. The van der Waals surface area contributed by atoms with Crippen molar-refractivity contribution in [1.82, 2.24) is 0 Å². The molecule has 3 aromatic carbocycles. The second-order valence-corrected chi connectivity index (χ2v) is 12.1. The Morgan fingerprint density at radius 3 is 2.16 bits per heavy atom. The van der Waals surface area contributed by atoms with E-state index in [-0.39, 0.29) is 10.8 Å². The predicted octanol–water partition coefficient (Wildman–Crippen LogP) is 8.77. The summed E-state index contributed by atoms with van der Waals surface area (Å²) in [6, 6.07) is 21.0. The first kappa shape index (κ1) is 22.2. The van der Waals surface area contributed by atoms with Crippen molar-refractivity contribution in [1.29, 1.82) is 0 Å². The van der Waals surface area contributed by atoms with Gasteiger partial charge >= 0.3 is 0 Å². The maximum atomic E-state index is 2.46. The Labute approximate surface area is 193 Å². The number of hydrogen-bond donors (Lipinski definition) is 0. The number of thioether (sulfide) groups is 1. The molecular formula is C30H36S. The summed E-state index contributed by atoms with van der Waals surface area (Å²) < 4.78 is 0. The Kier molecular flexibility index (Phi) is 5.85. The topological polar surface area (TPSA) is 0 Å². The molecule has 0 aromatic heterocycles. The van der Waals surface area contributed by atoms with Crippen molar-refractivity contribution in [2.24, 2.45) is 0 Å². The molecule has 0 heterocycles. The molecule has 0 aliphatic heterocycles. The van der Waals surface area contributed by atoms with Gasteiger partial charge in [0, 0.05) is 5.75 Å². The lowest BCUT2D eigenvalue weighted by Crippen LogP contribution is -2.13. The molecule has 3 aromatic rings. The fourth-order valence-corrected chi connectivity index (χ4v) is 5.45. The molecule has 0 fully saturated rings. The van der Waals surface area contributed by atoms with Gasteiger partial charge in [0.05, 0.1) is 0 Å². The summed E-state index contributed by atoms with van der Waals surface area (Å²) in [6.45, 7) is 16.2. The molecule has 31 heavy (non-hydrogen) atoms. The van der Waals surface area contributed by atoms with Crippen molar-refractivity contribution in [3.63, 3.8) is 0 Å². The summed E-state index contributed by atoms with van der Waals surface area (Å²) >= 11 is 2.00. The first-order valence-electron chi connectivity index (χ1n) is 11.6. The first-order valence-corrected chi connectivity index (χ1v) is 12.7. The Morgan fingerprint density at radius 2 is 1.48 bits per heavy atom. The smallest absolute Gasteiger partial charge is 0.0190 e. The van der Waals surface area contributed by atoms with E-state index in [2.05, 4.69) is 103 Å². The van der Waals surface area contributed by atoms with Crippen LogP contribution in [-0.4, -0.2) is 5.75 Å². The molecule has 0 amide bonds. The van der Waals surface area contributed by atoms with Gasteiger partial charge in [-0.1, -0.05) is 103 Å². The van der Waals surface area contributed by atoms with Crippen LogP contribution in [-0.2, 0) is 23.0 Å². The molecule has 0 bridgehead atoms. The monoisotopic (exact) mass is 428 g/mol. The summed E-state index contributed by atoms with van der Waals surface area (Å²) in [5.41, 5.74) is 13.4. The van der Waals surface area contributed by atoms with Crippen molar-refractivity contribution in [2.75, 3.05) is 5.75 Å². The number of benzene rings is 3. The van der Waals surface area contributed by atoms with Crippen LogP contribution in [0.5, 0.6) is 0 Å². The largest absolute Gasteiger partial charge is 0.157 e. The van der Waals surface area contributed by atoms with Gasteiger partial charge in [0.15, 0.2) is 0 Å². The van der Waals surface area contributed by atoms with Crippen molar-refractivity contribution < 1.29 is 0 Å². The van der Waals surface area contributed by atoms with Crippen molar-refractivity contribution >= 4 is 11.8 Å². The minimum absolute atomic E-state index is 0.116. The van der Waals surface area contributed by atoms with Crippen LogP contribution in [0.1, 0.15) is 76.3 Å². The van der Waals surface area contributed by atoms with Crippen LogP contribution < -0.4 is 0 Å². The molecule has 0 unspecified atom stereocenters. The molecule has 1 heteroatoms. The Bertz CT molecular complexity index is 1110. The normalized spacial score (nSPS) is 13.3. The zero-order valence-electron chi connectivity index (χ0n) is 20.2. The van der Waals surface area contributed by atoms with Gasteiger partial charge < -0.3 is 0 Å². The van der Waals surface area contributed by atoms with Gasteiger partial charge in [0.1, 0.15) is 0 Å². The number of hydrogen-bond acceptors (Lipinski definition) is 1. The van der Waals surface area contributed by atoms with E-state index in [9.17, 15) is 0 Å². The average Bonchev–Trinajstić information content (AvgIpc) is 3.09. The van der Waals surface area contributed by atoms with Crippen LogP contribution in [0.2, 0.25) is 0 Å². The van der Waals surface area contributed by atoms with Gasteiger partial charge in [-0.15, -0.1) is 0 Å². The highest BCUT2D eigenvalue weighted by Crippen LogP contribution is 2.48. The standard InChI is InChI=1S/C30H36S/c1-8-31-19-20-11-9-10-12-23(20)25-15-16-27(30(5,6)7)28-24-14-13-22(29(2,3)4)17-21(24)18-26(25)28/h9-17H,8,18-19H2,1-7H3. The van der Waals surface area contributed by atoms with Crippen LogP contribution >= 0.6 is 11.8 Å². The highest BCUT2D eigenvalue weighted by atomic mass is 32.2. The lowest BCUT2D eigenvalue weighted by Gasteiger charge is -2.25. The highest BCUT2D eigenvalue weighted by molar-refractivity contribution is 7.98. The van der Waals surface area contributed by atoms with Crippen LogP contribution in [0, 0.1) is 0 Å². The minimum atomic E-state index is 0.116. The van der Waals surface area contributed by atoms with E-state index in [4.69, 9.17) is 0 Å². The Hall–Kier alpha value is -1.99. The second kappa shape index (κ2) is 8.17. The molecule has 0 nitrogen and oxygen atoms in total. The zero-order valence-corrected chi connectivity index (χ0v) is 21.0. The third-order valence-corrected chi connectivity index (χ3v) is 7.42. The molecule has 1 aliphatic rings. The first-order chi connectivity index (χ1) is 14.6. The zero-order chi connectivity index (χ0) is 22.4. The Morgan fingerprint density at radius 1 is 0.774 bits per heavy atom. The summed E-state index contributed by atoms with van der Waals surface area (Å²) in [6.07, 6.45) is 1.03. The van der Waals surface area contributed by atoms with Crippen molar-refractivity contribution in [2.45, 2.75) is 71.5 Å². The van der Waals surface area contributed by atoms with Crippen LogP contribution in [0.3, 0.4) is 0 Å². The molecule has 1 aliphatic carbocycles. The molecule has 0 radical (unpaired) electrons. The summed E-state index contributed by atoms with van der Waals surface area (Å²) in [5.74, 6) is 2.22. The molecule has 0 atom stereocenters. The molecule has 0 saturated carbocycles. The Balaban J connectivity index is 1.93. The molecule has 0 spiro atoms. The molecule has 4 rings (SSSR count). The van der Waals surface area contributed by atoms with Crippen molar-refractivity contribution in [3.05, 3.63) is 82.4 Å². The highest BCUT2D eigenvalue weighted by Gasteiger charge is 2.30. The van der Waals surface area contributed by atoms with E-state index in [0.29, 0.717) is 0 Å². The maximum Gasteiger partial charge on any atom is 0.0190 e. The summed E-state index contributed by atoms with van der Waals surface area (Å²) in [4.78, 5) is 0. The number of rotatable bonds is 4. The third-order valence-electron chi connectivity index (χ3n) is 6.50. The third kappa shape index (κ3) is 4.22. The summed E-state index contributed by atoms with van der Waals surface area (Å²) in [5, 5.41) is 0. The van der Waals surface area contributed by atoms with Gasteiger partial charge in [0.2, 0.25) is 0 Å². The van der Waals surface area contributed by atoms with Gasteiger partial charge in [0.25, 0.3) is 0 Å². The fraction of sp³-hybridized carbons (Fsp3) is 0.400. The molecule has 0 saturated heterocycles. The lowest BCUT2D eigenvalue weighted by molar-refractivity contribution is 0.589. The van der Waals surface area contributed by atoms with E-state index in [1.165, 1.54) is 50.1 Å². The second-order valence-electron chi connectivity index (χ2n) is 10.9. The fourth-order valence-electron chi connectivity index (χ4n) is 4.78. The van der Waals surface area contributed by atoms with Gasteiger partial charge in [-0.25, -0.2) is 0 Å². The molecular weight excluding hydrogens is 392 g/mol. The average molecular weight is 429 g/mol. The van der Waals surface area contributed by atoms with Gasteiger partial charge in [-0.05, 0) is 73.1 Å². The van der Waals surface area contributed by atoms with E-state index in [1.54, 1.807) is 0 Å². The van der Waals surface area contributed by atoms with Crippen LogP contribution in [0.25, 0.3) is 22.3 Å². The summed E-state index contributed by atoms with van der Waals surface area (Å²) in [7, 11) is 0. The van der Waals surface area contributed by atoms with E-state index >= 15 is 0 Å². The SMILES string of the molecule is CCSCc1ccccc1-c1ccc(C(C)(C)C)c2c1Cc1cc(C(C)(C)C)ccc1-2. The van der Waals surface area contributed by atoms with Crippen LogP contribution in [0.4, 0.5) is 0 Å². The van der Waals surface area contributed by atoms with E-state index < -0.39 is 0 Å². The van der Waals surface area contributed by atoms with Gasteiger partial charge in [-0.2, -0.15) is 11.8 Å². The molecule has 0 N–H and O–H groups in total. The molecule has 162 valence electrons. The van der Waals surface area contributed by atoms with Crippen molar-refractivity contribution in [3.8, 4) is 22.3 Å². The van der Waals surface area contributed by atoms with Gasteiger partial charge in [-0.3, -0.25) is 0 Å². The minimum Gasteiger partial charge on any atom is -0.157 e. The lowest BCUT2D eigenvalue weighted by atomic mass is 9.79. The quantitative estimate of drug-likeness (QED) is 0.313. The number of fused-ring (bicyclic) bond motifs is 3. The maximum absolute atomic E-state index is 2.46. The van der Waals surface area contributed by atoms with E-state index in [0.717, 1.165) is 17.9 Å². The van der Waals surface area contributed by atoms with Crippen LogP contribution in [0.15, 0.2) is 54.6 Å².